The molecule has 5 saturated carbocycles. The molecular weight excluding hydrogens is 456 g/mol. The van der Waals surface area contributed by atoms with Crippen LogP contribution in [0.25, 0.3) is 0 Å². The van der Waals surface area contributed by atoms with Crippen molar-refractivity contribution in [3.63, 3.8) is 0 Å². The van der Waals surface area contributed by atoms with Crippen LogP contribution in [0, 0.1) is 50.7 Å². The summed E-state index contributed by atoms with van der Waals surface area (Å²) in [5.74, 6) is -0.269. The fourth-order valence-electron chi connectivity index (χ4n) is 12.8. The van der Waals surface area contributed by atoms with E-state index in [-0.39, 0.29) is 51.6 Å². The summed E-state index contributed by atoms with van der Waals surface area (Å²) in [5, 5.41) is 45.7. The number of fused-ring (bicyclic) bond motifs is 4. The van der Waals surface area contributed by atoms with Gasteiger partial charge in [0.25, 0.3) is 0 Å². The Balaban J connectivity index is 1.34. The van der Waals surface area contributed by atoms with Crippen LogP contribution in [0.2, 0.25) is 0 Å². The molecule has 0 amide bonds. The third-order valence-corrected chi connectivity index (χ3v) is 14.0. The first kappa shape index (κ1) is 24.8. The van der Waals surface area contributed by atoms with Gasteiger partial charge < -0.3 is 29.9 Å². The Labute approximate surface area is 216 Å². The van der Waals surface area contributed by atoms with Gasteiger partial charge in [0.2, 0.25) is 0 Å². The van der Waals surface area contributed by atoms with Crippen LogP contribution in [-0.2, 0) is 9.47 Å². The quantitative estimate of drug-likeness (QED) is 0.435. The van der Waals surface area contributed by atoms with Gasteiger partial charge in [-0.1, -0.05) is 34.6 Å². The van der Waals surface area contributed by atoms with Crippen LogP contribution >= 0.6 is 0 Å². The maximum absolute atomic E-state index is 12.0. The molecule has 0 radical (unpaired) electrons. The average Bonchev–Trinajstić information content (AvgIpc) is 3.18. The minimum Gasteiger partial charge on any atom is -0.393 e. The number of hydrogen-bond acceptors (Lipinski definition) is 6. The van der Waals surface area contributed by atoms with E-state index in [9.17, 15) is 20.4 Å². The first-order valence-electron chi connectivity index (χ1n) is 14.6. The molecule has 2 bridgehead atoms. The van der Waals surface area contributed by atoms with Crippen LogP contribution in [0.3, 0.4) is 0 Å². The van der Waals surface area contributed by atoms with E-state index in [1.165, 1.54) is 0 Å². The standard InChI is InChI=1S/C30H48O6/c1-15-12-16-23(25(4,5)34)36-30(35-16)13-27(7)22-19(33)18(32)21-24(2,3)17(31)8-9-28(21)14-29(22,28)11-10-26(27,6)20(15)30/h15-23,31-34H,8-14H2,1-7H3/t15-,16-,17+,18+,19+,20-,21+,22+,23+,26-,27+,28-,29+,30-/m1/s1. The predicted octanol–water partition coefficient (Wildman–Crippen LogP) is 3.63. The lowest BCUT2D eigenvalue weighted by Crippen LogP contribution is -2.66. The highest BCUT2D eigenvalue weighted by Gasteiger charge is 2.88. The Morgan fingerprint density at radius 2 is 1.42 bits per heavy atom. The van der Waals surface area contributed by atoms with Crippen molar-refractivity contribution in [1.82, 2.24) is 0 Å². The summed E-state index contributed by atoms with van der Waals surface area (Å²) in [5.41, 5.74) is -1.76. The van der Waals surface area contributed by atoms with Gasteiger partial charge in [0.1, 0.15) is 6.10 Å². The van der Waals surface area contributed by atoms with Gasteiger partial charge in [-0.2, -0.15) is 0 Å². The maximum atomic E-state index is 12.0. The van der Waals surface area contributed by atoms with E-state index in [4.69, 9.17) is 9.47 Å². The summed E-state index contributed by atoms with van der Waals surface area (Å²) in [6.45, 7) is 15.0. The van der Waals surface area contributed by atoms with Gasteiger partial charge in [0.15, 0.2) is 5.79 Å². The number of aliphatic hydroxyl groups is 4. The molecule has 0 unspecified atom stereocenters. The van der Waals surface area contributed by atoms with Gasteiger partial charge >= 0.3 is 0 Å². The summed E-state index contributed by atoms with van der Waals surface area (Å²) in [6, 6.07) is 0. The predicted molar refractivity (Wildman–Crippen MR) is 134 cm³/mol. The molecule has 36 heavy (non-hydrogen) atoms. The van der Waals surface area contributed by atoms with Crippen molar-refractivity contribution in [2.24, 2.45) is 50.7 Å². The van der Waals surface area contributed by atoms with Gasteiger partial charge in [-0.15, -0.1) is 0 Å². The number of aliphatic hydroxyl groups excluding tert-OH is 3. The Hall–Kier alpha value is -0.240. The zero-order valence-electron chi connectivity index (χ0n) is 23.3. The van der Waals surface area contributed by atoms with Gasteiger partial charge in [0, 0.05) is 18.3 Å². The second-order valence-electron chi connectivity index (χ2n) is 16.2. The molecule has 6 nitrogen and oxygen atoms in total. The molecule has 4 N–H and O–H groups in total. The van der Waals surface area contributed by atoms with Crippen LogP contribution in [0.4, 0.5) is 0 Å². The van der Waals surface area contributed by atoms with Crippen LogP contribution in [0.5, 0.6) is 0 Å². The first-order valence-corrected chi connectivity index (χ1v) is 14.6. The highest BCUT2D eigenvalue weighted by Crippen LogP contribution is 2.90. The van der Waals surface area contributed by atoms with Crippen LogP contribution in [0.1, 0.15) is 93.4 Å². The van der Waals surface area contributed by atoms with E-state index >= 15 is 0 Å². The molecule has 0 aromatic heterocycles. The highest BCUT2D eigenvalue weighted by atomic mass is 16.8. The third kappa shape index (κ3) is 2.40. The third-order valence-electron chi connectivity index (χ3n) is 14.0. The molecule has 2 heterocycles. The van der Waals surface area contributed by atoms with E-state index in [0.717, 1.165) is 38.5 Å². The maximum Gasteiger partial charge on any atom is 0.173 e. The Kier molecular flexibility index (Phi) is 4.51. The van der Waals surface area contributed by atoms with Gasteiger partial charge in [-0.05, 0) is 91.3 Å². The molecule has 5 aliphatic carbocycles. The van der Waals surface area contributed by atoms with Gasteiger partial charge in [-0.25, -0.2) is 0 Å². The second-order valence-corrected chi connectivity index (χ2v) is 16.2. The van der Waals surface area contributed by atoms with Crippen LogP contribution in [-0.4, -0.2) is 62.3 Å². The van der Waals surface area contributed by atoms with E-state index in [0.29, 0.717) is 12.3 Å². The summed E-state index contributed by atoms with van der Waals surface area (Å²) < 4.78 is 13.7. The van der Waals surface area contributed by atoms with Crippen molar-refractivity contribution >= 4 is 0 Å². The average molecular weight is 505 g/mol. The summed E-state index contributed by atoms with van der Waals surface area (Å²) in [6.07, 6.45) is 3.91. The molecule has 7 rings (SSSR count). The lowest BCUT2D eigenvalue weighted by Gasteiger charge is -2.65. The van der Waals surface area contributed by atoms with E-state index < -0.39 is 35.1 Å². The van der Waals surface area contributed by atoms with Crippen LogP contribution < -0.4 is 0 Å². The minimum atomic E-state index is -0.984. The lowest BCUT2D eigenvalue weighted by atomic mass is 9.40. The summed E-state index contributed by atoms with van der Waals surface area (Å²) in [4.78, 5) is 0. The summed E-state index contributed by atoms with van der Waals surface area (Å²) in [7, 11) is 0. The van der Waals surface area contributed by atoms with Crippen molar-refractivity contribution in [2.45, 2.75) is 135 Å². The molecule has 6 heteroatoms. The fraction of sp³-hybridized carbons (Fsp3) is 1.00. The molecule has 0 aromatic carbocycles. The highest BCUT2D eigenvalue weighted by molar-refractivity contribution is 5.35. The SMILES string of the molecule is C[C@@H]1C[C@H]2O[C@]3(C[C@@]4(C)[C@@H]5[C@@H](O)[C@H](O)[C@H]6C(C)(C)[C@@H](O)CC[C@@]67C[C@@]57CC[C@]4(C)[C@@H]13)O[C@@H]2C(C)(C)O. The van der Waals surface area contributed by atoms with Gasteiger partial charge in [-0.3, -0.25) is 0 Å². The van der Waals surface area contributed by atoms with Crippen LogP contribution in [0.15, 0.2) is 0 Å². The first-order chi connectivity index (χ1) is 16.5. The molecule has 14 atom stereocenters. The monoisotopic (exact) mass is 504 g/mol. The molecule has 2 saturated heterocycles. The van der Waals surface area contributed by atoms with E-state index in [2.05, 4.69) is 34.6 Å². The summed E-state index contributed by atoms with van der Waals surface area (Å²) >= 11 is 0. The largest absolute Gasteiger partial charge is 0.393 e. The number of ether oxygens (including phenoxy) is 2. The van der Waals surface area contributed by atoms with Crippen molar-refractivity contribution in [1.29, 1.82) is 0 Å². The normalized spacial score (nSPS) is 64.6. The van der Waals surface area contributed by atoms with E-state index in [1.807, 2.05) is 13.8 Å². The Morgan fingerprint density at radius 3 is 2.08 bits per heavy atom. The molecule has 2 aliphatic heterocycles. The zero-order valence-corrected chi connectivity index (χ0v) is 23.3. The molecule has 0 aromatic rings. The van der Waals surface area contributed by atoms with Crippen molar-refractivity contribution in [3.05, 3.63) is 0 Å². The zero-order chi connectivity index (χ0) is 26.1. The lowest BCUT2D eigenvalue weighted by molar-refractivity contribution is -0.248. The van der Waals surface area contributed by atoms with Crippen molar-refractivity contribution in [3.8, 4) is 0 Å². The molecular formula is C30H48O6. The minimum absolute atomic E-state index is 0.00299. The second kappa shape index (κ2) is 6.55. The molecule has 7 aliphatic rings. The Bertz CT molecular complexity index is 990. The fourth-order valence-corrected chi connectivity index (χ4v) is 12.8. The number of hydrogen-bond donors (Lipinski definition) is 4. The molecule has 3 spiro atoms. The smallest absolute Gasteiger partial charge is 0.173 e. The van der Waals surface area contributed by atoms with E-state index in [1.54, 1.807) is 0 Å². The van der Waals surface area contributed by atoms with Crippen molar-refractivity contribution in [2.75, 3.05) is 0 Å². The molecule has 204 valence electrons. The van der Waals surface area contributed by atoms with Gasteiger partial charge in [0.05, 0.1) is 30.0 Å². The van der Waals surface area contributed by atoms with Crippen molar-refractivity contribution < 1.29 is 29.9 Å². The number of rotatable bonds is 1. The topological polar surface area (TPSA) is 99.4 Å². The molecule has 7 fully saturated rings. The Morgan fingerprint density at radius 1 is 0.778 bits per heavy atom.